The van der Waals surface area contributed by atoms with E-state index in [1.165, 1.54) is 12.1 Å². The molecule has 0 aliphatic carbocycles. The lowest BCUT2D eigenvalue weighted by molar-refractivity contribution is -0.117. The van der Waals surface area contributed by atoms with E-state index in [1.54, 1.807) is 11.0 Å². The number of nitrogens with zero attached hydrogens (tertiary/aromatic N) is 4. The molecule has 4 aromatic rings. The van der Waals surface area contributed by atoms with Crippen LogP contribution in [0.4, 0.5) is 10.1 Å². The molecule has 200 valence electrons. The third-order valence-electron chi connectivity index (χ3n) is 7.65. The molecule has 0 spiro atoms. The Bertz CT molecular complexity index is 1540. The molecule has 2 saturated heterocycles. The van der Waals surface area contributed by atoms with Crippen molar-refractivity contribution in [2.24, 2.45) is 0 Å². The van der Waals surface area contributed by atoms with Crippen molar-refractivity contribution in [3.63, 3.8) is 0 Å². The molecule has 2 N–H and O–H groups in total. The van der Waals surface area contributed by atoms with Gasteiger partial charge in [0, 0.05) is 35.2 Å². The van der Waals surface area contributed by atoms with Gasteiger partial charge in [-0.2, -0.15) is 10.6 Å². The number of amides is 1. The highest BCUT2D eigenvalue weighted by Gasteiger charge is 2.39. The lowest BCUT2D eigenvalue weighted by atomic mass is 10.0. The second-order valence-electron chi connectivity index (χ2n) is 10.1. The molecular formula is C27H28ClFN4O4S. The summed E-state index contributed by atoms with van der Waals surface area (Å²) in [5, 5.41) is 4.04. The first-order valence-electron chi connectivity index (χ1n) is 12.6. The van der Waals surface area contributed by atoms with Gasteiger partial charge in [-0.05, 0) is 69.0 Å². The van der Waals surface area contributed by atoms with Crippen LogP contribution < -0.4 is 4.90 Å². The molecule has 2 aromatic carbocycles. The third-order valence-corrected chi connectivity index (χ3v) is 9.72. The summed E-state index contributed by atoms with van der Waals surface area (Å²) >= 11 is 6.08. The molecule has 38 heavy (non-hydrogen) atoms. The van der Waals surface area contributed by atoms with Crippen molar-refractivity contribution in [3.8, 4) is 11.1 Å². The molecule has 2 aliphatic heterocycles. The van der Waals surface area contributed by atoms with Gasteiger partial charge in [-0.1, -0.05) is 22.8 Å². The number of benzene rings is 2. The predicted octanol–water partition coefficient (Wildman–Crippen LogP) is 7.05. The van der Waals surface area contributed by atoms with Crippen LogP contribution in [0.5, 0.6) is 0 Å². The highest BCUT2D eigenvalue weighted by Crippen LogP contribution is 2.49. The smallest absolute Gasteiger partial charge is 0.227 e. The lowest BCUT2D eigenvalue weighted by Gasteiger charge is -2.40. The van der Waals surface area contributed by atoms with Gasteiger partial charge in [0.05, 0.1) is 27.8 Å². The van der Waals surface area contributed by atoms with Crippen LogP contribution in [-0.2, 0) is 4.79 Å². The first-order chi connectivity index (χ1) is 18.1. The van der Waals surface area contributed by atoms with Gasteiger partial charge in [-0.15, -0.1) is 0 Å². The fraction of sp³-hybridized carbons (Fsp3) is 0.370. The van der Waals surface area contributed by atoms with Crippen LogP contribution in [0.15, 0.2) is 40.9 Å². The largest absolute Gasteiger partial charge is 0.361 e. The average molecular weight is 559 g/mol. The van der Waals surface area contributed by atoms with Crippen molar-refractivity contribution < 1.29 is 22.8 Å². The number of hydrogen-bond donors (Lipinski definition) is 2. The molecule has 2 aliphatic rings. The highest BCUT2D eigenvalue weighted by atomic mass is 35.5. The van der Waals surface area contributed by atoms with Crippen molar-refractivity contribution in [1.29, 1.82) is 0 Å². The number of fused-ring (bicyclic) bond motifs is 1. The molecular weight excluding hydrogens is 531 g/mol. The number of rotatable bonds is 4. The average Bonchev–Trinajstić information content (AvgIpc) is 3.55. The fourth-order valence-corrected chi connectivity index (χ4v) is 7.51. The minimum absolute atomic E-state index is 0.00537. The van der Waals surface area contributed by atoms with E-state index in [0.29, 0.717) is 42.9 Å². The van der Waals surface area contributed by atoms with Crippen molar-refractivity contribution in [2.75, 3.05) is 16.4 Å². The number of aryl methyl sites for hydroxylation is 2. The van der Waals surface area contributed by atoms with E-state index >= 15 is 0 Å². The summed E-state index contributed by atoms with van der Waals surface area (Å²) < 4.78 is 42.0. The van der Waals surface area contributed by atoms with Gasteiger partial charge < -0.3 is 14.0 Å². The van der Waals surface area contributed by atoms with E-state index in [1.807, 2.05) is 32.0 Å². The van der Waals surface area contributed by atoms with Gasteiger partial charge in [0.25, 0.3) is 0 Å². The topological polar surface area (TPSA) is 105 Å². The third kappa shape index (κ3) is 4.29. The second-order valence-corrected chi connectivity index (χ2v) is 12.9. The molecule has 4 heterocycles. The van der Waals surface area contributed by atoms with Crippen LogP contribution in [0.25, 0.3) is 22.2 Å². The molecule has 6 rings (SSSR count). The summed E-state index contributed by atoms with van der Waals surface area (Å²) in [6, 6.07) is 9.98. The monoisotopic (exact) mass is 558 g/mol. The molecule has 1 unspecified atom stereocenters. The quantitative estimate of drug-likeness (QED) is 0.278. The molecule has 0 saturated carbocycles. The van der Waals surface area contributed by atoms with E-state index in [2.05, 4.69) is 9.72 Å². The Morgan fingerprint density at radius 3 is 2.55 bits per heavy atom. The Balaban J connectivity index is 1.50. The number of imidazole rings is 1. The molecule has 0 bridgehead atoms. The van der Waals surface area contributed by atoms with E-state index in [9.17, 15) is 18.3 Å². The summed E-state index contributed by atoms with van der Waals surface area (Å²) in [7, 11) is -2.57. The fourth-order valence-electron chi connectivity index (χ4n) is 5.83. The van der Waals surface area contributed by atoms with Crippen LogP contribution in [0.3, 0.4) is 0 Å². The predicted molar refractivity (Wildman–Crippen MR) is 146 cm³/mol. The minimum atomic E-state index is -2.57. The Morgan fingerprint density at radius 2 is 1.87 bits per heavy atom. The minimum Gasteiger partial charge on any atom is -0.361 e. The van der Waals surface area contributed by atoms with Crippen LogP contribution in [0, 0.1) is 19.7 Å². The van der Waals surface area contributed by atoms with Crippen LogP contribution >= 0.6 is 22.2 Å². The number of hydrogen-bond acceptors (Lipinski definition) is 6. The van der Waals surface area contributed by atoms with Crippen LogP contribution in [0.2, 0.25) is 5.02 Å². The standard InChI is InChI=1S/C27H28ClFN4O4S/c1-15-26(16(2)37-31-15)17-3-6-23-22(13-17)30-27(33(23)18-9-11-38(35,36)12-10-18)24-7-8-25(34)32(24)19-4-5-21(29)20(28)14-19/h3-6,13-14,18,24,35-36H,7-12H2,1-2H3. The molecule has 1 amide bonds. The number of carbonyl (C=O) groups is 1. The Kier molecular flexibility index (Phi) is 6.26. The molecule has 0 radical (unpaired) electrons. The molecule has 2 fully saturated rings. The second kappa shape index (κ2) is 9.37. The molecule has 8 nitrogen and oxygen atoms in total. The van der Waals surface area contributed by atoms with Crippen LogP contribution in [0.1, 0.15) is 55.0 Å². The van der Waals surface area contributed by atoms with Gasteiger partial charge in [-0.3, -0.25) is 13.9 Å². The summed E-state index contributed by atoms with van der Waals surface area (Å²) in [6.07, 6.45) is 2.07. The summed E-state index contributed by atoms with van der Waals surface area (Å²) in [4.78, 5) is 19.8. The Labute approximate surface area is 225 Å². The summed E-state index contributed by atoms with van der Waals surface area (Å²) in [6.45, 7) is 3.77. The van der Waals surface area contributed by atoms with Crippen LogP contribution in [-0.4, -0.2) is 41.2 Å². The Morgan fingerprint density at radius 1 is 1.11 bits per heavy atom. The Hall–Kier alpha value is -2.92. The van der Waals surface area contributed by atoms with Gasteiger partial charge in [0.2, 0.25) is 5.91 Å². The van der Waals surface area contributed by atoms with E-state index in [4.69, 9.17) is 21.1 Å². The van der Waals surface area contributed by atoms with Crippen molar-refractivity contribution in [1.82, 2.24) is 14.7 Å². The van der Waals surface area contributed by atoms with E-state index in [-0.39, 0.29) is 23.0 Å². The number of carbonyl (C=O) groups excluding carboxylic acids is 1. The summed E-state index contributed by atoms with van der Waals surface area (Å²) in [5.74, 6) is 1.48. The maximum absolute atomic E-state index is 13.9. The normalized spacial score (nSPS) is 20.9. The zero-order valence-electron chi connectivity index (χ0n) is 21.0. The van der Waals surface area contributed by atoms with Crippen molar-refractivity contribution in [2.45, 2.75) is 51.6 Å². The first-order valence-corrected chi connectivity index (χ1v) is 14.8. The molecule has 1 atom stereocenters. The maximum atomic E-state index is 13.9. The van der Waals surface area contributed by atoms with E-state index < -0.39 is 16.4 Å². The van der Waals surface area contributed by atoms with Gasteiger partial charge in [-0.25, -0.2) is 9.37 Å². The van der Waals surface area contributed by atoms with Gasteiger partial charge in [0.1, 0.15) is 17.4 Å². The highest BCUT2D eigenvalue weighted by molar-refractivity contribution is 8.24. The maximum Gasteiger partial charge on any atom is 0.227 e. The van der Waals surface area contributed by atoms with Gasteiger partial charge in [0.15, 0.2) is 0 Å². The number of aromatic nitrogens is 3. The zero-order valence-corrected chi connectivity index (χ0v) is 22.6. The SMILES string of the molecule is Cc1noc(C)c1-c1ccc2c(c1)nc(C1CCC(=O)N1c1ccc(F)c(Cl)c1)n2C1CCS(O)(O)CC1. The molecule has 2 aromatic heterocycles. The van der Waals surface area contributed by atoms with Gasteiger partial charge >= 0.3 is 0 Å². The zero-order chi connectivity index (χ0) is 26.8. The van der Waals surface area contributed by atoms with E-state index in [0.717, 1.165) is 39.4 Å². The lowest BCUT2D eigenvalue weighted by Crippen LogP contribution is -2.31. The van der Waals surface area contributed by atoms with Crippen molar-refractivity contribution >= 4 is 44.8 Å². The molecule has 11 heteroatoms. The number of anilines is 1. The number of halogens is 2. The van der Waals surface area contributed by atoms with Crippen molar-refractivity contribution in [3.05, 3.63) is 64.5 Å². The summed E-state index contributed by atoms with van der Waals surface area (Å²) in [5.41, 5.74) is 4.86. The first kappa shape index (κ1) is 25.4.